The van der Waals surface area contributed by atoms with Crippen LogP contribution in [0.3, 0.4) is 0 Å². The highest BCUT2D eigenvalue weighted by molar-refractivity contribution is 5.98. The van der Waals surface area contributed by atoms with E-state index in [1.807, 2.05) is 5.32 Å². The van der Waals surface area contributed by atoms with Crippen molar-refractivity contribution in [2.75, 3.05) is 0 Å². The van der Waals surface area contributed by atoms with Crippen molar-refractivity contribution in [1.82, 2.24) is 10.6 Å². The zero-order valence-corrected chi connectivity index (χ0v) is 15.3. The molecule has 9 heteroatoms. The molecular weight excluding hydrogens is 365 g/mol. The predicted molar refractivity (Wildman–Crippen MR) is 92.5 cm³/mol. The lowest BCUT2D eigenvalue weighted by Crippen LogP contribution is -2.50. The topological polar surface area (TPSA) is 84.5 Å². The summed E-state index contributed by atoms with van der Waals surface area (Å²) in [6, 6.07) is 3.43. The van der Waals surface area contributed by atoms with Crippen LogP contribution in [-0.2, 0) is 20.5 Å². The fourth-order valence-corrected chi connectivity index (χ4v) is 1.80. The van der Waals surface area contributed by atoms with Crippen molar-refractivity contribution in [3.8, 4) is 0 Å². The Labute approximate surface area is 154 Å². The smallest absolute Gasteiger partial charge is 0.416 e. The Balaban J connectivity index is 2.56. The van der Waals surface area contributed by atoms with Crippen LogP contribution in [0.4, 0.5) is 18.0 Å². The van der Waals surface area contributed by atoms with Crippen LogP contribution < -0.4 is 10.6 Å². The number of ether oxygens (including phenoxy) is 1. The Morgan fingerprint density at radius 1 is 1.07 bits per heavy atom. The molecule has 148 valence electrons. The fourth-order valence-electron chi connectivity index (χ4n) is 1.80. The maximum absolute atomic E-state index is 12.5. The average molecular weight is 386 g/mol. The normalized spacial score (nSPS) is 13.1. The van der Waals surface area contributed by atoms with Crippen LogP contribution >= 0.6 is 0 Å². The largest absolute Gasteiger partial charge is 0.449 e. The van der Waals surface area contributed by atoms with Gasteiger partial charge in [-0.05, 0) is 51.5 Å². The molecule has 1 aromatic carbocycles. The van der Waals surface area contributed by atoms with Gasteiger partial charge >= 0.3 is 18.2 Å². The van der Waals surface area contributed by atoms with Crippen LogP contribution in [0, 0.1) is 0 Å². The summed E-state index contributed by atoms with van der Waals surface area (Å²) in [7, 11) is 0. The van der Waals surface area contributed by atoms with Crippen molar-refractivity contribution in [3.63, 3.8) is 0 Å². The van der Waals surface area contributed by atoms with E-state index in [4.69, 9.17) is 4.74 Å². The maximum Gasteiger partial charge on any atom is 0.416 e. The number of benzene rings is 1. The molecule has 0 spiro atoms. The molecule has 0 aliphatic carbocycles. The molecule has 27 heavy (non-hydrogen) atoms. The summed E-state index contributed by atoms with van der Waals surface area (Å²) in [5.41, 5.74) is -1.00. The molecular formula is C18H21F3N2O4. The molecule has 0 aliphatic rings. The monoisotopic (exact) mass is 386 g/mol. The summed E-state index contributed by atoms with van der Waals surface area (Å²) >= 11 is 0. The van der Waals surface area contributed by atoms with Gasteiger partial charge in [-0.25, -0.2) is 9.59 Å². The lowest BCUT2D eigenvalue weighted by Gasteiger charge is -2.21. The Kier molecular flexibility index (Phi) is 7.15. The second-order valence-corrected chi connectivity index (χ2v) is 6.73. The van der Waals surface area contributed by atoms with Crippen LogP contribution in [0.1, 0.15) is 38.8 Å². The second-order valence-electron chi connectivity index (χ2n) is 6.73. The number of esters is 1. The minimum absolute atomic E-state index is 0.349. The van der Waals surface area contributed by atoms with Crippen molar-refractivity contribution >= 4 is 24.0 Å². The molecule has 0 heterocycles. The third-order valence-electron chi connectivity index (χ3n) is 3.04. The summed E-state index contributed by atoms with van der Waals surface area (Å²) < 4.78 is 42.3. The first kappa shape index (κ1) is 22.2. The molecule has 6 nitrogen and oxygen atoms in total. The number of imide groups is 1. The zero-order valence-electron chi connectivity index (χ0n) is 15.3. The Bertz CT molecular complexity index is 720. The van der Waals surface area contributed by atoms with E-state index >= 15 is 0 Å². The van der Waals surface area contributed by atoms with Gasteiger partial charge in [0.25, 0.3) is 5.91 Å². The predicted octanol–water partition coefficient (Wildman–Crippen LogP) is 3.27. The number of amides is 3. The fraction of sp³-hybridized carbons (Fsp3) is 0.389. The number of hydrogen-bond acceptors (Lipinski definition) is 4. The second kappa shape index (κ2) is 8.70. The number of hydrogen-bond donors (Lipinski definition) is 2. The quantitative estimate of drug-likeness (QED) is 0.614. The molecule has 1 aromatic rings. The van der Waals surface area contributed by atoms with Crippen molar-refractivity contribution in [2.24, 2.45) is 0 Å². The summed E-state index contributed by atoms with van der Waals surface area (Å²) in [4.78, 5) is 35.1. The van der Waals surface area contributed by atoms with Crippen LogP contribution in [-0.4, -0.2) is 29.6 Å². The zero-order chi connectivity index (χ0) is 20.8. The molecule has 2 N–H and O–H groups in total. The van der Waals surface area contributed by atoms with Gasteiger partial charge in [-0.15, -0.1) is 0 Å². The van der Waals surface area contributed by atoms with Crippen LogP contribution in [0.2, 0.25) is 0 Å². The molecule has 0 saturated carbocycles. The summed E-state index contributed by atoms with van der Waals surface area (Å²) in [5, 5.41) is 4.55. The van der Waals surface area contributed by atoms with Crippen molar-refractivity contribution in [1.29, 1.82) is 0 Å². The number of halogens is 3. The van der Waals surface area contributed by atoms with Crippen LogP contribution in [0.5, 0.6) is 0 Å². The number of alkyl halides is 3. The van der Waals surface area contributed by atoms with Gasteiger partial charge in [0.2, 0.25) is 0 Å². The molecule has 0 radical (unpaired) electrons. The van der Waals surface area contributed by atoms with Gasteiger partial charge in [0.05, 0.1) is 5.56 Å². The van der Waals surface area contributed by atoms with E-state index in [1.165, 1.54) is 25.1 Å². The molecule has 1 atom stereocenters. The SMILES string of the molecule is C[C@@H](OC(=O)/C=C/c1ccc(C(F)(F)F)cc1)C(=O)NC(=O)NC(C)(C)C. The van der Waals surface area contributed by atoms with E-state index in [2.05, 4.69) is 5.32 Å². The van der Waals surface area contributed by atoms with Gasteiger partial charge < -0.3 is 10.1 Å². The van der Waals surface area contributed by atoms with Crippen molar-refractivity contribution in [3.05, 3.63) is 41.5 Å². The summed E-state index contributed by atoms with van der Waals surface area (Å²) in [6.07, 6.45) is -3.45. The van der Waals surface area contributed by atoms with E-state index in [0.717, 1.165) is 18.2 Å². The number of rotatable bonds is 4. The van der Waals surface area contributed by atoms with Gasteiger partial charge in [0.15, 0.2) is 6.10 Å². The standard InChI is InChI=1S/C18H21F3N2O4/c1-11(15(25)22-16(26)23-17(2,3)4)27-14(24)10-7-12-5-8-13(9-6-12)18(19,20)21/h5-11H,1-4H3,(H2,22,23,25,26)/b10-7+/t11-/m1/s1. The lowest BCUT2D eigenvalue weighted by molar-refractivity contribution is -0.149. The van der Waals surface area contributed by atoms with E-state index < -0.39 is 41.3 Å². The number of nitrogens with one attached hydrogen (secondary N) is 2. The van der Waals surface area contributed by atoms with Crippen molar-refractivity contribution < 1.29 is 32.3 Å². The minimum Gasteiger partial charge on any atom is -0.449 e. The Morgan fingerprint density at radius 3 is 2.11 bits per heavy atom. The molecule has 0 aliphatic heterocycles. The molecule has 0 saturated heterocycles. The van der Waals surface area contributed by atoms with Gasteiger partial charge in [0.1, 0.15) is 0 Å². The minimum atomic E-state index is -4.44. The van der Waals surface area contributed by atoms with E-state index in [1.54, 1.807) is 20.8 Å². The van der Waals surface area contributed by atoms with E-state index in [0.29, 0.717) is 5.56 Å². The third kappa shape index (κ3) is 8.39. The van der Waals surface area contributed by atoms with Crippen molar-refractivity contribution in [2.45, 2.75) is 45.5 Å². The molecule has 0 aromatic heterocycles. The highest BCUT2D eigenvalue weighted by Crippen LogP contribution is 2.29. The van der Waals surface area contributed by atoms with E-state index in [9.17, 15) is 27.6 Å². The van der Waals surface area contributed by atoms with Gasteiger partial charge in [0, 0.05) is 11.6 Å². The average Bonchev–Trinajstić information content (AvgIpc) is 2.50. The maximum atomic E-state index is 12.5. The molecule has 0 unspecified atom stereocenters. The van der Waals surface area contributed by atoms with Gasteiger partial charge in [-0.3, -0.25) is 10.1 Å². The Hall–Kier alpha value is -2.84. The first-order valence-electron chi connectivity index (χ1n) is 7.97. The van der Waals surface area contributed by atoms with E-state index in [-0.39, 0.29) is 0 Å². The third-order valence-corrected chi connectivity index (χ3v) is 3.04. The van der Waals surface area contributed by atoms with Gasteiger partial charge in [-0.1, -0.05) is 12.1 Å². The number of urea groups is 1. The highest BCUT2D eigenvalue weighted by Gasteiger charge is 2.29. The molecule has 0 fully saturated rings. The molecule has 3 amide bonds. The molecule has 0 bridgehead atoms. The summed E-state index contributed by atoms with van der Waals surface area (Å²) in [6.45, 7) is 6.47. The first-order chi connectivity index (χ1) is 12.3. The number of carbonyl (C=O) groups excluding carboxylic acids is 3. The Morgan fingerprint density at radius 2 is 1.63 bits per heavy atom. The molecule has 1 rings (SSSR count). The highest BCUT2D eigenvalue weighted by atomic mass is 19.4. The first-order valence-corrected chi connectivity index (χ1v) is 7.97. The number of carbonyl (C=O) groups is 3. The van der Waals surface area contributed by atoms with Crippen LogP contribution in [0.15, 0.2) is 30.3 Å². The van der Waals surface area contributed by atoms with Crippen LogP contribution in [0.25, 0.3) is 6.08 Å². The lowest BCUT2D eigenvalue weighted by atomic mass is 10.1. The van der Waals surface area contributed by atoms with Gasteiger partial charge in [-0.2, -0.15) is 13.2 Å². The summed E-state index contributed by atoms with van der Waals surface area (Å²) in [5.74, 6) is -1.69.